The molecule has 0 saturated heterocycles. The Morgan fingerprint density at radius 3 is 2.67 bits per heavy atom. The van der Waals surface area contributed by atoms with E-state index in [4.69, 9.17) is 5.26 Å². The number of nitriles is 1. The smallest absolute Gasteiger partial charge is 0.0621 e. The molecule has 0 aliphatic carbocycles. The van der Waals surface area contributed by atoms with Crippen LogP contribution in [0.3, 0.4) is 0 Å². The van der Waals surface area contributed by atoms with Crippen LogP contribution < -0.4 is 5.32 Å². The second kappa shape index (κ2) is 7.03. The second-order valence-electron chi connectivity index (χ2n) is 3.70. The first-order valence-corrected chi connectivity index (χ1v) is 5.50. The van der Waals surface area contributed by atoms with Crippen LogP contribution in [-0.2, 0) is 0 Å². The fraction of sp³-hybridized carbons (Fsp3) is 0.462. The molecule has 1 atom stereocenters. The largest absolute Gasteiger partial charge is 0.310 e. The minimum atomic E-state index is 0.397. The molecule has 0 heterocycles. The van der Waals surface area contributed by atoms with Crippen molar-refractivity contribution >= 4 is 0 Å². The Hall–Kier alpha value is -1.33. The predicted molar refractivity (Wildman–Crippen MR) is 62.3 cm³/mol. The van der Waals surface area contributed by atoms with Crippen molar-refractivity contribution in [2.75, 3.05) is 6.54 Å². The highest BCUT2D eigenvalue weighted by molar-refractivity contribution is 5.17. The van der Waals surface area contributed by atoms with Gasteiger partial charge in [0.05, 0.1) is 6.07 Å². The van der Waals surface area contributed by atoms with E-state index in [0.717, 1.165) is 19.4 Å². The third-order valence-corrected chi connectivity index (χ3v) is 2.47. The summed E-state index contributed by atoms with van der Waals surface area (Å²) in [6, 6.07) is 13.0. The highest BCUT2D eigenvalue weighted by Crippen LogP contribution is 2.10. The molecule has 0 aromatic heterocycles. The van der Waals surface area contributed by atoms with Gasteiger partial charge < -0.3 is 5.32 Å². The van der Waals surface area contributed by atoms with Crippen molar-refractivity contribution in [3.8, 4) is 6.07 Å². The van der Waals surface area contributed by atoms with Gasteiger partial charge >= 0.3 is 0 Å². The summed E-state index contributed by atoms with van der Waals surface area (Å²) in [5, 5.41) is 11.8. The van der Waals surface area contributed by atoms with Gasteiger partial charge in [-0.05, 0) is 31.9 Å². The Labute approximate surface area is 91.9 Å². The van der Waals surface area contributed by atoms with Crippen molar-refractivity contribution in [3.63, 3.8) is 0 Å². The molecular formula is C13H18N2. The number of nitrogens with zero attached hydrogens (tertiary/aromatic N) is 1. The van der Waals surface area contributed by atoms with Crippen LogP contribution in [0.1, 0.15) is 37.8 Å². The van der Waals surface area contributed by atoms with Gasteiger partial charge in [0.2, 0.25) is 0 Å². The topological polar surface area (TPSA) is 35.8 Å². The van der Waals surface area contributed by atoms with E-state index in [1.165, 1.54) is 5.56 Å². The van der Waals surface area contributed by atoms with Crippen LogP contribution >= 0.6 is 0 Å². The Morgan fingerprint density at radius 1 is 1.27 bits per heavy atom. The fourth-order valence-corrected chi connectivity index (χ4v) is 1.51. The van der Waals surface area contributed by atoms with Gasteiger partial charge in [0.25, 0.3) is 0 Å². The van der Waals surface area contributed by atoms with E-state index in [9.17, 15) is 0 Å². The monoisotopic (exact) mass is 202 g/mol. The number of hydrogen-bond donors (Lipinski definition) is 1. The summed E-state index contributed by atoms with van der Waals surface area (Å²) in [6.07, 6.45) is 2.73. The van der Waals surface area contributed by atoms with Gasteiger partial charge in [0.15, 0.2) is 0 Å². The molecule has 15 heavy (non-hydrogen) atoms. The maximum Gasteiger partial charge on any atom is 0.0621 e. The summed E-state index contributed by atoms with van der Waals surface area (Å²) in [5.74, 6) is 0. The molecular weight excluding hydrogens is 184 g/mol. The minimum Gasteiger partial charge on any atom is -0.310 e. The quantitative estimate of drug-likeness (QED) is 0.720. The number of benzene rings is 1. The predicted octanol–water partition coefficient (Wildman–Crippen LogP) is 3.03. The van der Waals surface area contributed by atoms with E-state index in [2.05, 4.69) is 42.6 Å². The zero-order valence-electron chi connectivity index (χ0n) is 9.24. The zero-order valence-corrected chi connectivity index (χ0v) is 9.24. The molecule has 2 nitrogen and oxygen atoms in total. The molecule has 1 N–H and O–H groups in total. The van der Waals surface area contributed by atoms with Crippen molar-refractivity contribution in [2.24, 2.45) is 0 Å². The third kappa shape index (κ3) is 4.62. The Bertz CT molecular complexity index is 300. The normalized spacial score (nSPS) is 12.0. The summed E-state index contributed by atoms with van der Waals surface area (Å²) in [6.45, 7) is 3.15. The maximum absolute atomic E-state index is 8.38. The van der Waals surface area contributed by atoms with Crippen LogP contribution in [0.15, 0.2) is 30.3 Å². The van der Waals surface area contributed by atoms with Crippen LogP contribution in [0, 0.1) is 11.3 Å². The first kappa shape index (κ1) is 11.7. The lowest BCUT2D eigenvalue weighted by Crippen LogP contribution is -2.19. The fourth-order valence-electron chi connectivity index (χ4n) is 1.51. The van der Waals surface area contributed by atoms with Gasteiger partial charge in [-0.15, -0.1) is 0 Å². The number of unbranched alkanes of at least 4 members (excludes halogenated alkanes) is 2. The highest BCUT2D eigenvalue weighted by atomic mass is 14.9. The molecule has 0 bridgehead atoms. The van der Waals surface area contributed by atoms with E-state index in [1.807, 2.05) is 6.07 Å². The number of rotatable bonds is 6. The summed E-state index contributed by atoms with van der Waals surface area (Å²) in [7, 11) is 0. The van der Waals surface area contributed by atoms with Crippen molar-refractivity contribution in [1.82, 2.24) is 5.32 Å². The van der Waals surface area contributed by atoms with Crippen LogP contribution in [0.5, 0.6) is 0 Å². The van der Waals surface area contributed by atoms with E-state index < -0.39 is 0 Å². The molecule has 0 radical (unpaired) electrons. The molecule has 0 unspecified atom stereocenters. The first-order chi connectivity index (χ1) is 7.34. The summed E-state index contributed by atoms with van der Waals surface area (Å²) >= 11 is 0. The van der Waals surface area contributed by atoms with Crippen LogP contribution in [-0.4, -0.2) is 6.54 Å². The van der Waals surface area contributed by atoms with Crippen LogP contribution in [0.25, 0.3) is 0 Å². The van der Waals surface area contributed by atoms with Gasteiger partial charge in [0.1, 0.15) is 0 Å². The SMILES string of the molecule is C[C@@H](NCCCCC#N)c1ccccc1. The van der Waals surface area contributed by atoms with Crippen molar-refractivity contribution in [1.29, 1.82) is 5.26 Å². The van der Waals surface area contributed by atoms with Crippen LogP contribution in [0.2, 0.25) is 0 Å². The van der Waals surface area contributed by atoms with Gasteiger partial charge in [-0.2, -0.15) is 5.26 Å². The maximum atomic E-state index is 8.38. The molecule has 0 saturated carbocycles. The molecule has 2 heteroatoms. The molecule has 0 fully saturated rings. The zero-order chi connectivity index (χ0) is 10.9. The lowest BCUT2D eigenvalue weighted by atomic mass is 10.1. The van der Waals surface area contributed by atoms with E-state index in [0.29, 0.717) is 12.5 Å². The second-order valence-corrected chi connectivity index (χ2v) is 3.70. The number of nitrogens with one attached hydrogen (secondary N) is 1. The third-order valence-electron chi connectivity index (χ3n) is 2.47. The van der Waals surface area contributed by atoms with Crippen molar-refractivity contribution < 1.29 is 0 Å². The van der Waals surface area contributed by atoms with Gasteiger partial charge in [0, 0.05) is 12.5 Å². The van der Waals surface area contributed by atoms with E-state index >= 15 is 0 Å². The molecule has 80 valence electrons. The highest BCUT2D eigenvalue weighted by Gasteiger charge is 2.02. The Balaban J connectivity index is 2.20. The van der Waals surface area contributed by atoms with Gasteiger partial charge in [-0.1, -0.05) is 30.3 Å². The lowest BCUT2D eigenvalue weighted by molar-refractivity contribution is 0.549. The van der Waals surface area contributed by atoms with Gasteiger partial charge in [-0.25, -0.2) is 0 Å². The van der Waals surface area contributed by atoms with Gasteiger partial charge in [-0.3, -0.25) is 0 Å². The van der Waals surface area contributed by atoms with Crippen molar-refractivity contribution in [3.05, 3.63) is 35.9 Å². The molecule has 0 aliphatic rings. The standard InChI is InChI=1S/C13H18N2/c1-12(13-8-4-2-5-9-13)15-11-7-3-6-10-14/h2,4-5,8-9,12,15H,3,6-7,11H2,1H3/t12-/m1/s1. The Morgan fingerprint density at radius 2 is 2.00 bits per heavy atom. The Kier molecular flexibility index (Phi) is 5.50. The molecule has 1 rings (SSSR count). The van der Waals surface area contributed by atoms with Crippen molar-refractivity contribution in [2.45, 2.75) is 32.2 Å². The molecule has 0 aliphatic heterocycles. The first-order valence-electron chi connectivity index (χ1n) is 5.50. The molecule has 0 spiro atoms. The molecule has 0 amide bonds. The summed E-state index contributed by atoms with van der Waals surface area (Å²) in [4.78, 5) is 0. The lowest BCUT2D eigenvalue weighted by Gasteiger charge is -2.13. The average Bonchev–Trinajstić information content (AvgIpc) is 2.30. The number of hydrogen-bond acceptors (Lipinski definition) is 2. The average molecular weight is 202 g/mol. The summed E-state index contributed by atoms with van der Waals surface area (Å²) in [5.41, 5.74) is 1.32. The summed E-state index contributed by atoms with van der Waals surface area (Å²) < 4.78 is 0. The molecule has 1 aromatic carbocycles. The van der Waals surface area contributed by atoms with Crippen LogP contribution in [0.4, 0.5) is 0 Å². The van der Waals surface area contributed by atoms with E-state index in [-0.39, 0.29) is 0 Å². The van der Waals surface area contributed by atoms with E-state index in [1.54, 1.807) is 0 Å². The molecule has 1 aromatic rings. The minimum absolute atomic E-state index is 0.397.